The number of anilines is 1. The number of fused-ring (bicyclic) bond motifs is 1. The van der Waals surface area contributed by atoms with Gasteiger partial charge in [-0.1, -0.05) is 37.3 Å². The fourth-order valence-electron chi connectivity index (χ4n) is 4.31. The molecule has 0 saturated heterocycles. The van der Waals surface area contributed by atoms with Crippen LogP contribution in [0.2, 0.25) is 0 Å². The summed E-state index contributed by atoms with van der Waals surface area (Å²) in [6.07, 6.45) is 0.999. The van der Waals surface area contributed by atoms with Crippen molar-refractivity contribution in [3.05, 3.63) is 65.5 Å². The monoisotopic (exact) mass is 354 g/mol. The maximum absolute atomic E-state index is 14.0. The molecule has 0 spiro atoms. The number of ether oxygens (including phenoxy) is 1. The molecular formula is C21H23FN2O2. The summed E-state index contributed by atoms with van der Waals surface area (Å²) in [5.74, 6) is 0.262. The van der Waals surface area contributed by atoms with Gasteiger partial charge in [0.15, 0.2) is 0 Å². The van der Waals surface area contributed by atoms with Crippen molar-refractivity contribution in [1.29, 1.82) is 0 Å². The third-order valence-corrected chi connectivity index (χ3v) is 5.53. The molecule has 2 aliphatic rings. The van der Waals surface area contributed by atoms with Crippen LogP contribution in [0, 0.1) is 17.7 Å². The van der Waals surface area contributed by atoms with Gasteiger partial charge in [-0.3, -0.25) is 0 Å². The molecule has 2 aromatic rings. The van der Waals surface area contributed by atoms with Gasteiger partial charge in [0.25, 0.3) is 0 Å². The van der Waals surface area contributed by atoms with Crippen LogP contribution >= 0.6 is 0 Å². The van der Waals surface area contributed by atoms with Crippen molar-refractivity contribution in [3.63, 3.8) is 0 Å². The molecule has 3 atom stereocenters. The van der Waals surface area contributed by atoms with Gasteiger partial charge in [-0.2, -0.15) is 0 Å². The van der Waals surface area contributed by atoms with Crippen molar-refractivity contribution in [2.75, 3.05) is 4.90 Å². The van der Waals surface area contributed by atoms with Crippen molar-refractivity contribution in [3.8, 4) is 0 Å². The van der Waals surface area contributed by atoms with E-state index < -0.39 is 12.2 Å². The SMILES string of the molecule is C[C@@H]1[C@@H](OC(N)=O)c2cc(F)ccc2N(Cc2ccccc2)[C@H]1C1CC1. The standard InChI is InChI=1S/C21H23FN2O2/c1-13-19(15-7-8-15)24(12-14-5-3-2-4-6-14)18-10-9-16(22)11-17(18)20(13)26-21(23)25/h2-6,9-11,13,15,19-20H,7-8,12H2,1H3,(H2,23,25)/t13-,19+,20+/m0/s1. The zero-order valence-electron chi connectivity index (χ0n) is 14.8. The molecule has 1 saturated carbocycles. The van der Waals surface area contributed by atoms with Crippen molar-refractivity contribution in [2.24, 2.45) is 17.6 Å². The van der Waals surface area contributed by atoms with Crippen LogP contribution in [0.15, 0.2) is 48.5 Å². The zero-order valence-corrected chi connectivity index (χ0v) is 14.8. The number of nitrogens with zero attached hydrogens (tertiary/aromatic N) is 1. The number of nitrogens with two attached hydrogens (primary N) is 1. The van der Waals surface area contributed by atoms with Crippen molar-refractivity contribution in [2.45, 2.75) is 38.5 Å². The lowest BCUT2D eigenvalue weighted by atomic mass is 9.81. The average Bonchev–Trinajstić information content (AvgIpc) is 3.44. The molecule has 1 aliphatic heterocycles. The Morgan fingerprint density at radius 3 is 2.62 bits per heavy atom. The lowest BCUT2D eigenvalue weighted by molar-refractivity contribution is 0.0543. The van der Waals surface area contributed by atoms with E-state index in [1.807, 2.05) is 18.2 Å². The van der Waals surface area contributed by atoms with Crippen molar-refractivity contribution in [1.82, 2.24) is 0 Å². The average molecular weight is 354 g/mol. The van der Waals surface area contributed by atoms with E-state index in [9.17, 15) is 9.18 Å². The molecule has 0 aromatic heterocycles. The lowest BCUT2D eigenvalue weighted by Crippen LogP contribution is -2.48. The molecule has 5 heteroatoms. The number of halogens is 1. The summed E-state index contributed by atoms with van der Waals surface area (Å²) in [5, 5.41) is 0. The quantitative estimate of drug-likeness (QED) is 0.885. The number of amides is 1. The highest BCUT2D eigenvalue weighted by molar-refractivity contribution is 5.67. The highest BCUT2D eigenvalue weighted by atomic mass is 19.1. The van der Waals surface area contributed by atoms with Crippen LogP contribution in [0.3, 0.4) is 0 Å². The molecule has 136 valence electrons. The number of carbonyl (C=O) groups excluding carboxylic acids is 1. The van der Waals surface area contributed by atoms with E-state index in [4.69, 9.17) is 10.5 Å². The second-order valence-electron chi connectivity index (χ2n) is 7.36. The van der Waals surface area contributed by atoms with Crippen LogP contribution in [-0.4, -0.2) is 12.1 Å². The summed E-state index contributed by atoms with van der Waals surface area (Å²) in [6, 6.07) is 15.2. The lowest BCUT2D eigenvalue weighted by Gasteiger charge is -2.46. The fraction of sp³-hybridized carbons (Fsp3) is 0.381. The van der Waals surface area contributed by atoms with Gasteiger partial charge < -0.3 is 15.4 Å². The molecule has 0 radical (unpaired) electrons. The summed E-state index contributed by atoms with van der Waals surface area (Å²) in [4.78, 5) is 13.8. The molecule has 2 aromatic carbocycles. The maximum atomic E-state index is 14.0. The van der Waals surface area contributed by atoms with E-state index in [0.717, 1.165) is 12.2 Å². The van der Waals surface area contributed by atoms with E-state index in [2.05, 4.69) is 24.0 Å². The minimum Gasteiger partial charge on any atom is -0.441 e. The summed E-state index contributed by atoms with van der Waals surface area (Å²) in [6.45, 7) is 2.82. The second kappa shape index (κ2) is 6.63. The van der Waals surface area contributed by atoms with E-state index in [0.29, 0.717) is 11.5 Å². The molecule has 0 unspecified atom stereocenters. The topological polar surface area (TPSA) is 55.6 Å². The van der Waals surface area contributed by atoms with E-state index in [1.165, 1.54) is 30.5 Å². The highest BCUT2D eigenvalue weighted by Gasteiger charge is 2.47. The summed E-state index contributed by atoms with van der Waals surface area (Å²) in [7, 11) is 0. The third kappa shape index (κ3) is 3.14. The number of carbonyl (C=O) groups is 1. The Morgan fingerprint density at radius 1 is 1.23 bits per heavy atom. The van der Waals surface area contributed by atoms with Crippen LogP contribution in [0.4, 0.5) is 14.9 Å². The Bertz CT molecular complexity index is 807. The molecule has 4 nitrogen and oxygen atoms in total. The maximum Gasteiger partial charge on any atom is 0.405 e. The molecule has 2 N–H and O–H groups in total. The number of benzene rings is 2. The van der Waals surface area contributed by atoms with Gasteiger partial charge in [-0.05, 0) is 42.5 Å². The Morgan fingerprint density at radius 2 is 1.96 bits per heavy atom. The Labute approximate surface area is 152 Å². The third-order valence-electron chi connectivity index (χ3n) is 5.53. The molecule has 1 aliphatic carbocycles. The van der Waals surface area contributed by atoms with Gasteiger partial charge in [0.1, 0.15) is 11.9 Å². The van der Waals surface area contributed by atoms with Gasteiger partial charge in [-0.25, -0.2) is 9.18 Å². The molecule has 0 bridgehead atoms. The zero-order chi connectivity index (χ0) is 18.3. The first-order valence-corrected chi connectivity index (χ1v) is 9.10. The van der Waals surface area contributed by atoms with Crippen LogP contribution in [0.1, 0.15) is 37.0 Å². The molecule has 1 heterocycles. The predicted octanol–water partition coefficient (Wildman–Crippen LogP) is 4.40. The minimum atomic E-state index is -0.817. The second-order valence-corrected chi connectivity index (χ2v) is 7.36. The van der Waals surface area contributed by atoms with Crippen LogP contribution in [0.5, 0.6) is 0 Å². The highest BCUT2D eigenvalue weighted by Crippen LogP contribution is 2.50. The van der Waals surface area contributed by atoms with Gasteiger partial charge in [0.2, 0.25) is 0 Å². The summed E-state index contributed by atoms with van der Waals surface area (Å²) < 4.78 is 19.4. The van der Waals surface area contributed by atoms with Crippen molar-refractivity contribution < 1.29 is 13.9 Å². The first-order valence-electron chi connectivity index (χ1n) is 9.10. The number of rotatable bonds is 4. The Hall–Kier alpha value is -2.56. The van der Waals surface area contributed by atoms with Gasteiger partial charge in [0, 0.05) is 29.8 Å². The first-order chi connectivity index (χ1) is 12.5. The molecule has 26 heavy (non-hydrogen) atoms. The fourth-order valence-corrected chi connectivity index (χ4v) is 4.31. The summed E-state index contributed by atoms with van der Waals surface area (Å²) in [5.41, 5.74) is 8.14. The normalized spacial score (nSPS) is 24.8. The summed E-state index contributed by atoms with van der Waals surface area (Å²) >= 11 is 0. The number of primary amides is 1. The first kappa shape index (κ1) is 16.9. The van der Waals surface area contributed by atoms with Crippen LogP contribution < -0.4 is 10.6 Å². The molecule has 1 fully saturated rings. The molecular weight excluding hydrogens is 331 g/mol. The van der Waals surface area contributed by atoms with Gasteiger partial charge >= 0.3 is 6.09 Å². The van der Waals surface area contributed by atoms with Gasteiger partial charge in [-0.15, -0.1) is 0 Å². The Balaban J connectivity index is 1.78. The Kier molecular flexibility index (Phi) is 4.31. The van der Waals surface area contributed by atoms with Gasteiger partial charge in [0.05, 0.1) is 0 Å². The molecule has 1 amide bonds. The largest absolute Gasteiger partial charge is 0.441 e. The predicted molar refractivity (Wildman–Crippen MR) is 98.1 cm³/mol. The van der Waals surface area contributed by atoms with Crippen LogP contribution in [0.25, 0.3) is 0 Å². The smallest absolute Gasteiger partial charge is 0.405 e. The van der Waals surface area contributed by atoms with Crippen molar-refractivity contribution >= 4 is 11.8 Å². The molecule has 4 rings (SSSR count). The number of hydrogen-bond acceptors (Lipinski definition) is 3. The van der Waals surface area contributed by atoms with E-state index in [1.54, 1.807) is 6.07 Å². The minimum absolute atomic E-state index is 0.0352. The number of hydrogen-bond donors (Lipinski definition) is 1. The van der Waals surface area contributed by atoms with Crippen LogP contribution in [-0.2, 0) is 11.3 Å². The van der Waals surface area contributed by atoms with E-state index in [-0.39, 0.29) is 17.8 Å². The van der Waals surface area contributed by atoms with E-state index >= 15 is 0 Å².